The number of nitrogens with zero attached hydrogens (tertiary/aromatic N) is 5. The molecule has 1 saturated carbocycles. The van der Waals surface area contributed by atoms with Gasteiger partial charge in [0.05, 0.1) is 30.5 Å². The average molecular weight is 415 g/mol. The summed E-state index contributed by atoms with van der Waals surface area (Å²) in [5, 5.41) is 4.71. The molecule has 7 heteroatoms. The van der Waals surface area contributed by atoms with Crippen molar-refractivity contribution in [1.82, 2.24) is 19.4 Å². The van der Waals surface area contributed by atoms with Gasteiger partial charge in [-0.05, 0) is 50.1 Å². The van der Waals surface area contributed by atoms with Crippen LogP contribution in [0.3, 0.4) is 0 Å². The maximum absolute atomic E-state index is 5.53. The van der Waals surface area contributed by atoms with Gasteiger partial charge >= 0.3 is 0 Å². The molecule has 4 aromatic rings. The van der Waals surface area contributed by atoms with Crippen LogP contribution in [0.2, 0.25) is 0 Å². The van der Waals surface area contributed by atoms with Crippen molar-refractivity contribution >= 4 is 28.2 Å². The molecule has 1 N–H and O–H groups in total. The second-order valence-electron chi connectivity index (χ2n) is 8.49. The topological polar surface area (TPSA) is 67.6 Å². The maximum atomic E-state index is 5.53. The van der Waals surface area contributed by atoms with Crippen LogP contribution in [0.5, 0.6) is 0 Å². The molecule has 1 aromatic carbocycles. The van der Waals surface area contributed by atoms with Gasteiger partial charge in [0.15, 0.2) is 0 Å². The lowest BCUT2D eigenvalue weighted by atomic mass is 10.1. The molecule has 7 nitrogen and oxygen atoms in total. The molecule has 0 unspecified atom stereocenters. The van der Waals surface area contributed by atoms with Gasteiger partial charge in [0.2, 0.25) is 5.78 Å². The summed E-state index contributed by atoms with van der Waals surface area (Å²) in [4.78, 5) is 16.6. The number of rotatable bonds is 5. The molecule has 3 aromatic heterocycles. The Morgan fingerprint density at radius 2 is 1.97 bits per heavy atom. The van der Waals surface area contributed by atoms with Crippen molar-refractivity contribution in [2.24, 2.45) is 0 Å². The van der Waals surface area contributed by atoms with Crippen LogP contribution in [0.4, 0.5) is 11.5 Å². The van der Waals surface area contributed by atoms with Crippen LogP contribution < -0.4 is 10.2 Å². The zero-order valence-corrected chi connectivity index (χ0v) is 17.7. The van der Waals surface area contributed by atoms with E-state index in [1.807, 2.05) is 10.6 Å². The van der Waals surface area contributed by atoms with Crippen LogP contribution in [0.25, 0.3) is 16.7 Å². The summed E-state index contributed by atoms with van der Waals surface area (Å²) in [5.74, 6) is 2.18. The van der Waals surface area contributed by atoms with Gasteiger partial charge in [-0.2, -0.15) is 4.98 Å². The molecular formula is C24H26N6O. The average Bonchev–Trinajstić information content (AvgIpc) is 3.57. The van der Waals surface area contributed by atoms with Crippen LogP contribution in [0.15, 0.2) is 48.8 Å². The van der Waals surface area contributed by atoms with Crippen LogP contribution in [0, 0.1) is 0 Å². The predicted molar refractivity (Wildman–Crippen MR) is 122 cm³/mol. The normalized spacial score (nSPS) is 17.9. The molecule has 158 valence electrons. The minimum atomic E-state index is 0.0406. The number of nitrogens with one attached hydrogen (secondary N) is 1. The highest BCUT2D eigenvalue weighted by molar-refractivity contribution is 5.93. The summed E-state index contributed by atoms with van der Waals surface area (Å²) in [6, 6.07) is 13.0. The van der Waals surface area contributed by atoms with E-state index in [1.165, 1.54) is 24.2 Å². The Hall–Kier alpha value is -3.19. The third-order valence-electron chi connectivity index (χ3n) is 6.29. The maximum Gasteiger partial charge on any atom is 0.236 e. The Labute approximate surface area is 181 Å². The third-order valence-corrected chi connectivity index (χ3v) is 6.29. The van der Waals surface area contributed by atoms with Gasteiger partial charge in [0.25, 0.3) is 0 Å². The van der Waals surface area contributed by atoms with Gasteiger partial charge in [-0.15, -0.1) is 0 Å². The summed E-state index contributed by atoms with van der Waals surface area (Å²) < 4.78 is 7.57. The number of benzene rings is 1. The van der Waals surface area contributed by atoms with Gasteiger partial charge < -0.3 is 15.0 Å². The Morgan fingerprint density at radius 1 is 1.10 bits per heavy atom. The van der Waals surface area contributed by atoms with E-state index in [1.54, 1.807) is 6.20 Å². The second-order valence-corrected chi connectivity index (χ2v) is 8.49. The Bertz CT molecular complexity index is 1240. The zero-order chi connectivity index (χ0) is 20.8. The molecule has 0 radical (unpaired) electrons. The van der Waals surface area contributed by atoms with Crippen molar-refractivity contribution in [3.63, 3.8) is 0 Å². The highest BCUT2D eigenvalue weighted by Gasteiger charge is 2.25. The zero-order valence-electron chi connectivity index (χ0n) is 17.7. The van der Waals surface area contributed by atoms with E-state index in [0.717, 1.165) is 48.7 Å². The van der Waals surface area contributed by atoms with E-state index in [9.17, 15) is 0 Å². The smallest absolute Gasteiger partial charge is 0.236 e. The third kappa shape index (κ3) is 3.49. The van der Waals surface area contributed by atoms with Gasteiger partial charge in [-0.1, -0.05) is 6.07 Å². The lowest BCUT2D eigenvalue weighted by Gasteiger charge is -2.29. The summed E-state index contributed by atoms with van der Waals surface area (Å²) >= 11 is 0. The number of pyridine rings is 1. The summed E-state index contributed by atoms with van der Waals surface area (Å²) in [5.41, 5.74) is 4.55. The molecule has 1 saturated heterocycles. The van der Waals surface area contributed by atoms with Crippen molar-refractivity contribution in [3.05, 3.63) is 60.2 Å². The van der Waals surface area contributed by atoms with E-state index in [0.29, 0.717) is 11.7 Å². The van der Waals surface area contributed by atoms with Crippen LogP contribution in [-0.4, -0.2) is 45.7 Å². The minimum Gasteiger partial charge on any atom is -0.378 e. The molecule has 1 aliphatic carbocycles. The summed E-state index contributed by atoms with van der Waals surface area (Å²) in [6.45, 7) is 5.49. The van der Waals surface area contributed by atoms with Crippen LogP contribution in [-0.2, 0) is 4.74 Å². The second kappa shape index (κ2) is 7.50. The Balaban J connectivity index is 1.40. The van der Waals surface area contributed by atoms with E-state index in [2.05, 4.69) is 58.5 Å². The SMILES string of the molecule is C[C@@H](Nc1nc2nccn2c2ccc(N3CCOCC3)cc12)c1cccc(C2CC2)n1. The number of hydrogen-bond donors (Lipinski definition) is 1. The van der Waals surface area contributed by atoms with Crippen molar-refractivity contribution in [1.29, 1.82) is 0 Å². The van der Waals surface area contributed by atoms with E-state index in [4.69, 9.17) is 14.7 Å². The van der Waals surface area contributed by atoms with Gasteiger partial charge in [-0.3, -0.25) is 9.38 Å². The van der Waals surface area contributed by atoms with E-state index in [-0.39, 0.29) is 6.04 Å². The van der Waals surface area contributed by atoms with Crippen LogP contribution >= 0.6 is 0 Å². The number of aromatic nitrogens is 4. The number of anilines is 2. The van der Waals surface area contributed by atoms with Crippen molar-refractivity contribution in [3.8, 4) is 0 Å². The highest BCUT2D eigenvalue weighted by Crippen LogP contribution is 2.39. The first-order valence-electron chi connectivity index (χ1n) is 11.1. The fourth-order valence-corrected chi connectivity index (χ4v) is 4.37. The number of fused-ring (bicyclic) bond motifs is 3. The van der Waals surface area contributed by atoms with Gasteiger partial charge in [-0.25, -0.2) is 4.98 Å². The van der Waals surface area contributed by atoms with Crippen molar-refractivity contribution in [2.75, 3.05) is 36.5 Å². The lowest BCUT2D eigenvalue weighted by molar-refractivity contribution is 0.122. The largest absolute Gasteiger partial charge is 0.378 e. The van der Waals surface area contributed by atoms with Crippen LogP contribution in [0.1, 0.15) is 43.1 Å². The molecule has 0 spiro atoms. The first-order valence-corrected chi connectivity index (χ1v) is 11.1. The lowest BCUT2D eigenvalue weighted by Crippen LogP contribution is -2.36. The molecule has 1 aliphatic heterocycles. The fourth-order valence-electron chi connectivity index (χ4n) is 4.37. The summed E-state index contributed by atoms with van der Waals surface area (Å²) in [6.07, 6.45) is 6.27. The first kappa shape index (κ1) is 18.6. The quantitative estimate of drug-likeness (QED) is 0.529. The van der Waals surface area contributed by atoms with Crippen molar-refractivity contribution in [2.45, 2.75) is 31.7 Å². The molecular weight excluding hydrogens is 388 g/mol. The minimum absolute atomic E-state index is 0.0406. The molecule has 31 heavy (non-hydrogen) atoms. The molecule has 2 aliphatic rings. The fraction of sp³-hybridized carbons (Fsp3) is 0.375. The molecule has 0 bridgehead atoms. The number of hydrogen-bond acceptors (Lipinski definition) is 6. The number of morpholine rings is 1. The molecule has 0 amide bonds. The first-order chi connectivity index (χ1) is 15.3. The van der Waals surface area contributed by atoms with Crippen molar-refractivity contribution < 1.29 is 4.74 Å². The molecule has 2 fully saturated rings. The predicted octanol–water partition coefficient (Wildman–Crippen LogP) is 4.16. The van der Waals surface area contributed by atoms with E-state index < -0.39 is 0 Å². The molecule has 4 heterocycles. The highest BCUT2D eigenvalue weighted by atomic mass is 16.5. The monoisotopic (exact) mass is 414 g/mol. The number of ether oxygens (including phenoxy) is 1. The number of imidazole rings is 1. The Morgan fingerprint density at radius 3 is 2.81 bits per heavy atom. The van der Waals surface area contributed by atoms with Gasteiger partial charge in [0, 0.05) is 48.2 Å². The summed E-state index contributed by atoms with van der Waals surface area (Å²) in [7, 11) is 0. The van der Waals surface area contributed by atoms with Gasteiger partial charge in [0.1, 0.15) is 5.82 Å². The molecule has 1 atom stereocenters. The molecule has 6 rings (SSSR count). The standard InChI is InChI=1S/C24H26N6O/c1-16(20-3-2-4-21(27-20)17-5-6-17)26-23-19-15-18(29-11-13-31-14-12-29)7-8-22(19)30-10-9-25-24(30)28-23/h2-4,7-10,15-17H,5-6,11-14H2,1H3,(H,25,26,28)/t16-/m1/s1. The van der Waals surface area contributed by atoms with E-state index >= 15 is 0 Å². The Kier molecular flexibility index (Phi) is 4.49.